The monoisotopic (exact) mass is 484 g/mol. The number of hydrogen-bond donors (Lipinski definition) is 2. The molecule has 0 aliphatic heterocycles. The summed E-state index contributed by atoms with van der Waals surface area (Å²) in [6, 6.07) is 22.9. The molecule has 0 aliphatic carbocycles. The Morgan fingerprint density at radius 3 is 2.14 bits per heavy atom. The number of methoxy groups -OCH3 is 2. The van der Waals surface area contributed by atoms with Gasteiger partial charge in [-0.25, -0.2) is 15.0 Å². The van der Waals surface area contributed by atoms with E-state index in [1.165, 1.54) is 12.1 Å². The molecular formula is C26H24N6O4. The van der Waals surface area contributed by atoms with Gasteiger partial charge in [0.1, 0.15) is 11.5 Å². The first-order valence-electron chi connectivity index (χ1n) is 10.9. The number of guanidine groups is 1. The van der Waals surface area contributed by atoms with Crippen molar-refractivity contribution in [3.63, 3.8) is 0 Å². The molecule has 10 nitrogen and oxygen atoms in total. The van der Waals surface area contributed by atoms with E-state index in [1.54, 1.807) is 32.4 Å². The van der Waals surface area contributed by atoms with Crippen molar-refractivity contribution in [1.29, 1.82) is 0 Å². The standard InChI is InChI=1S/C26H24N6O4/c1-35-21-10-6-17(7-11-21)16-28-25(27)31-26-29-23(18-8-12-22(36-2)13-9-18)15-24(30-26)19-4-3-5-20(14-19)32(33)34/h3-15H,16H2,1-2H3,(H3,27,28,29,30,31). The summed E-state index contributed by atoms with van der Waals surface area (Å²) in [4.78, 5) is 24.3. The second kappa shape index (κ2) is 11.0. The SMILES string of the molecule is COc1ccc(CN=C(N)Nc2nc(-c3ccc(OC)cc3)cc(-c3cccc([N+](=O)[O-])c3)n2)cc1. The summed E-state index contributed by atoms with van der Waals surface area (Å²) in [6.07, 6.45) is 0. The predicted octanol–water partition coefficient (Wildman–Crippen LogP) is 4.66. The maximum Gasteiger partial charge on any atom is 0.270 e. The van der Waals surface area contributed by atoms with Crippen LogP contribution in [-0.2, 0) is 6.54 Å². The number of nitro groups is 1. The summed E-state index contributed by atoms with van der Waals surface area (Å²) in [6.45, 7) is 0.346. The average Bonchev–Trinajstić information content (AvgIpc) is 2.92. The molecule has 0 unspecified atom stereocenters. The van der Waals surface area contributed by atoms with Crippen molar-refractivity contribution in [1.82, 2.24) is 9.97 Å². The molecule has 0 fully saturated rings. The van der Waals surface area contributed by atoms with Gasteiger partial charge in [0.25, 0.3) is 5.69 Å². The highest BCUT2D eigenvalue weighted by Gasteiger charge is 2.13. The van der Waals surface area contributed by atoms with Gasteiger partial charge in [-0.3, -0.25) is 15.4 Å². The summed E-state index contributed by atoms with van der Waals surface area (Å²) >= 11 is 0. The van der Waals surface area contributed by atoms with Crippen LogP contribution in [0, 0.1) is 10.1 Å². The number of benzene rings is 3. The number of hydrogen-bond acceptors (Lipinski definition) is 7. The largest absolute Gasteiger partial charge is 0.497 e. The highest BCUT2D eigenvalue weighted by Crippen LogP contribution is 2.28. The van der Waals surface area contributed by atoms with E-state index < -0.39 is 4.92 Å². The van der Waals surface area contributed by atoms with Crippen LogP contribution in [-0.4, -0.2) is 35.1 Å². The normalized spacial score (nSPS) is 11.1. The van der Waals surface area contributed by atoms with Crippen LogP contribution in [0.1, 0.15) is 5.56 Å². The first-order valence-corrected chi connectivity index (χ1v) is 10.9. The number of non-ortho nitro benzene ring substituents is 1. The van der Waals surface area contributed by atoms with Gasteiger partial charge in [0.15, 0.2) is 5.96 Å². The first kappa shape index (κ1) is 24.1. The molecule has 0 atom stereocenters. The number of nitro benzene ring substituents is 1. The lowest BCUT2D eigenvalue weighted by Crippen LogP contribution is -2.24. The van der Waals surface area contributed by atoms with Crippen molar-refractivity contribution >= 4 is 17.6 Å². The molecule has 0 amide bonds. The number of anilines is 1. The van der Waals surface area contributed by atoms with Gasteiger partial charge < -0.3 is 15.2 Å². The first-order chi connectivity index (χ1) is 17.4. The van der Waals surface area contributed by atoms with Crippen molar-refractivity contribution in [3.05, 3.63) is 94.5 Å². The van der Waals surface area contributed by atoms with E-state index in [1.807, 2.05) is 48.5 Å². The fourth-order valence-electron chi connectivity index (χ4n) is 3.40. The summed E-state index contributed by atoms with van der Waals surface area (Å²) in [7, 11) is 3.20. The van der Waals surface area contributed by atoms with Gasteiger partial charge in [-0.1, -0.05) is 24.3 Å². The van der Waals surface area contributed by atoms with Crippen LogP contribution in [0.15, 0.2) is 83.9 Å². The minimum Gasteiger partial charge on any atom is -0.497 e. The summed E-state index contributed by atoms with van der Waals surface area (Å²) in [5, 5.41) is 14.2. The molecule has 36 heavy (non-hydrogen) atoms. The minimum absolute atomic E-state index is 0.0350. The van der Waals surface area contributed by atoms with Gasteiger partial charge >= 0.3 is 0 Å². The molecule has 0 saturated heterocycles. The second-order valence-corrected chi connectivity index (χ2v) is 7.67. The van der Waals surface area contributed by atoms with Gasteiger partial charge in [0.05, 0.1) is 37.1 Å². The Kier molecular flexibility index (Phi) is 7.35. The van der Waals surface area contributed by atoms with E-state index in [0.717, 1.165) is 16.9 Å². The molecule has 182 valence electrons. The zero-order chi connectivity index (χ0) is 25.5. The van der Waals surface area contributed by atoms with E-state index in [2.05, 4.69) is 20.3 Å². The molecule has 10 heteroatoms. The predicted molar refractivity (Wildman–Crippen MR) is 138 cm³/mol. The molecule has 1 aromatic heterocycles. The quantitative estimate of drug-likeness (QED) is 0.159. The summed E-state index contributed by atoms with van der Waals surface area (Å²) in [5.74, 6) is 1.80. The van der Waals surface area contributed by atoms with Crippen molar-refractivity contribution in [3.8, 4) is 34.0 Å². The molecule has 0 spiro atoms. The van der Waals surface area contributed by atoms with Crippen LogP contribution in [0.25, 0.3) is 22.5 Å². The van der Waals surface area contributed by atoms with Crippen LogP contribution in [0.5, 0.6) is 11.5 Å². The number of aromatic nitrogens is 2. The number of aliphatic imine (C=N–C) groups is 1. The Hall–Kier alpha value is -4.99. The van der Waals surface area contributed by atoms with Gasteiger partial charge in [-0.2, -0.15) is 0 Å². The van der Waals surface area contributed by atoms with Crippen molar-refractivity contribution in [2.24, 2.45) is 10.7 Å². The third-order valence-corrected chi connectivity index (χ3v) is 5.30. The maximum atomic E-state index is 11.3. The van der Waals surface area contributed by atoms with E-state index in [9.17, 15) is 10.1 Å². The van der Waals surface area contributed by atoms with Crippen molar-refractivity contribution < 1.29 is 14.4 Å². The fourth-order valence-corrected chi connectivity index (χ4v) is 3.40. The third kappa shape index (κ3) is 5.92. The van der Waals surface area contributed by atoms with Crippen LogP contribution < -0.4 is 20.5 Å². The Bertz CT molecular complexity index is 1390. The van der Waals surface area contributed by atoms with Gasteiger partial charge in [0.2, 0.25) is 5.95 Å². The molecular weight excluding hydrogens is 460 g/mol. The number of nitrogens with one attached hydrogen (secondary N) is 1. The average molecular weight is 485 g/mol. The Balaban J connectivity index is 1.66. The van der Waals surface area contributed by atoms with Crippen LogP contribution in [0.4, 0.5) is 11.6 Å². The molecule has 0 bridgehead atoms. The van der Waals surface area contributed by atoms with Gasteiger partial charge in [0, 0.05) is 23.3 Å². The molecule has 0 aliphatic rings. The molecule has 3 N–H and O–H groups in total. The zero-order valence-corrected chi connectivity index (χ0v) is 19.7. The lowest BCUT2D eigenvalue weighted by molar-refractivity contribution is -0.384. The topological polar surface area (TPSA) is 138 Å². The molecule has 4 aromatic rings. The van der Waals surface area contributed by atoms with Crippen LogP contribution >= 0.6 is 0 Å². The fraction of sp³-hybridized carbons (Fsp3) is 0.115. The lowest BCUT2D eigenvalue weighted by atomic mass is 10.1. The minimum atomic E-state index is -0.446. The maximum absolute atomic E-state index is 11.3. The highest BCUT2D eigenvalue weighted by atomic mass is 16.6. The molecule has 3 aromatic carbocycles. The van der Waals surface area contributed by atoms with E-state index in [4.69, 9.17) is 15.2 Å². The smallest absolute Gasteiger partial charge is 0.270 e. The Labute approximate surface area is 207 Å². The van der Waals surface area contributed by atoms with E-state index in [-0.39, 0.29) is 17.6 Å². The van der Waals surface area contributed by atoms with Crippen molar-refractivity contribution in [2.45, 2.75) is 6.54 Å². The zero-order valence-electron chi connectivity index (χ0n) is 19.7. The van der Waals surface area contributed by atoms with Crippen LogP contribution in [0.3, 0.4) is 0 Å². The number of rotatable bonds is 8. The molecule has 1 heterocycles. The highest BCUT2D eigenvalue weighted by molar-refractivity contribution is 5.91. The molecule has 0 saturated carbocycles. The third-order valence-electron chi connectivity index (χ3n) is 5.30. The molecule has 0 radical (unpaired) electrons. The Morgan fingerprint density at radius 1 is 0.917 bits per heavy atom. The second-order valence-electron chi connectivity index (χ2n) is 7.67. The summed E-state index contributed by atoms with van der Waals surface area (Å²) in [5.41, 5.74) is 9.49. The van der Waals surface area contributed by atoms with Gasteiger partial charge in [-0.15, -0.1) is 0 Å². The molecule has 4 rings (SSSR count). The lowest BCUT2D eigenvalue weighted by Gasteiger charge is -2.11. The van der Waals surface area contributed by atoms with E-state index in [0.29, 0.717) is 29.2 Å². The number of nitrogens with zero attached hydrogens (tertiary/aromatic N) is 4. The number of nitrogens with two attached hydrogens (primary N) is 1. The Morgan fingerprint density at radius 2 is 1.53 bits per heavy atom. The number of ether oxygens (including phenoxy) is 2. The van der Waals surface area contributed by atoms with E-state index >= 15 is 0 Å². The van der Waals surface area contributed by atoms with Gasteiger partial charge in [-0.05, 0) is 48.0 Å². The summed E-state index contributed by atoms with van der Waals surface area (Å²) < 4.78 is 10.4. The van der Waals surface area contributed by atoms with Crippen LogP contribution in [0.2, 0.25) is 0 Å². The van der Waals surface area contributed by atoms with Crippen molar-refractivity contribution in [2.75, 3.05) is 19.5 Å².